The van der Waals surface area contributed by atoms with Crippen LogP contribution in [-0.2, 0) is 9.59 Å². The molecule has 0 unspecified atom stereocenters. The molecule has 0 radical (unpaired) electrons. The number of carbonyl (C=O) groups is 2. The molecule has 6 nitrogen and oxygen atoms in total. The van der Waals surface area contributed by atoms with Gasteiger partial charge < -0.3 is 16.0 Å². The van der Waals surface area contributed by atoms with Gasteiger partial charge in [-0.15, -0.1) is 0 Å². The quantitative estimate of drug-likeness (QED) is 0.725. The second kappa shape index (κ2) is 8.26. The number of benzene rings is 1. The third-order valence-electron chi connectivity index (χ3n) is 3.05. The van der Waals surface area contributed by atoms with Crippen LogP contribution in [0.2, 0.25) is 0 Å². The van der Waals surface area contributed by atoms with Gasteiger partial charge in [0.15, 0.2) is 0 Å². The highest BCUT2D eigenvalue weighted by molar-refractivity contribution is 5.94. The van der Waals surface area contributed by atoms with Crippen molar-refractivity contribution in [1.29, 1.82) is 0 Å². The van der Waals surface area contributed by atoms with Crippen molar-refractivity contribution < 1.29 is 9.59 Å². The van der Waals surface area contributed by atoms with Crippen LogP contribution in [0.15, 0.2) is 24.3 Å². The second-order valence-electron chi connectivity index (χ2n) is 5.07. The lowest BCUT2D eigenvalue weighted by Gasteiger charge is -2.21. The number of anilines is 2. The van der Waals surface area contributed by atoms with E-state index in [2.05, 4.69) is 5.32 Å². The van der Waals surface area contributed by atoms with Crippen molar-refractivity contribution in [2.75, 3.05) is 44.4 Å². The Hall–Kier alpha value is -2.08. The van der Waals surface area contributed by atoms with E-state index < -0.39 is 0 Å². The Morgan fingerprint density at radius 1 is 1.14 bits per heavy atom. The molecule has 2 amide bonds. The highest BCUT2D eigenvalue weighted by Crippen LogP contribution is 2.14. The molecule has 0 atom stereocenters. The summed E-state index contributed by atoms with van der Waals surface area (Å²) in [5.41, 5.74) is 7.06. The molecule has 6 heteroatoms. The van der Waals surface area contributed by atoms with Crippen molar-refractivity contribution in [3.05, 3.63) is 24.3 Å². The first-order chi connectivity index (χ1) is 9.93. The maximum atomic E-state index is 12.2. The van der Waals surface area contributed by atoms with Gasteiger partial charge in [-0.2, -0.15) is 0 Å². The van der Waals surface area contributed by atoms with Crippen LogP contribution in [0.1, 0.15) is 13.3 Å². The van der Waals surface area contributed by atoms with Crippen LogP contribution in [0.25, 0.3) is 0 Å². The van der Waals surface area contributed by atoms with Crippen LogP contribution < -0.4 is 16.0 Å². The minimum atomic E-state index is -0.0782. The van der Waals surface area contributed by atoms with Crippen LogP contribution in [0, 0.1) is 0 Å². The molecule has 21 heavy (non-hydrogen) atoms. The number of hydrogen-bond donors (Lipinski definition) is 2. The molecular formula is C15H24N4O2. The molecule has 0 fully saturated rings. The maximum Gasteiger partial charge on any atom is 0.240 e. The summed E-state index contributed by atoms with van der Waals surface area (Å²) in [7, 11) is 3.46. The molecule has 1 aromatic rings. The predicted molar refractivity (Wildman–Crippen MR) is 85.1 cm³/mol. The van der Waals surface area contributed by atoms with E-state index in [-0.39, 0.29) is 24.9 Å². The van der Waals surface area contributed by atoms with Crippen molar-refractivity contribution in [2.24, 2.45) is 0 Å². The third-order valence-corrected chi connectivity index (χ3v) is 3.05. The summed E-state index contributed by atoms with van der Waals surface area (Å²) in [6.07, 6.45) is 0.897. The zero-order chi connectivity index (χ0) is 15.8. The van der Waals surface area contributed by atoms with E-state index in [9.17, 15) is 9.59 Å². The van der Waals surface area contributed by atoms with Gasteiger partial charge in [0.25, 0.3) is 0 Å². The number of hydrogen-bond acceptors (Lipinski definition) is 4. The molecule has 0 heterocycles. The summed E-state index contributed by atoms with van der Waals surface area (Å²) in [5.74, 6) is -0.146. The van der Waals surface area contributed by atoms with Crippen molar-refractivity contribution in [3.8, 4) is 0 Å². The number of carbonyl (C=O) groups excluding carboxylic acids is 2. The minimum absolute atomic E-state index is 0.0673. The molecule has 0 saturated heterocycles. The summed E-state index contributed by atoms with van der Waals surface area (Å²) in [6, 6.07) is 7.09. The summed E-state index contributed by atoms with van der Waals surface area (Å²) >= 11 is 0. The average molecular weight is 292 g/mol. The third kappa shape index (κ3) is 5.83. The van der Waals surface area contributed by atoms with Crippen molar-refractivity contribution in [2.45, 2.75) is 13.3 Å². The van der Waals surface area contributed by atoms with Gasteiger partial charge >= 0.3 is 0 Å². The van der Waals surface area contributed by atoms with Crippen LogP contribution in [0.5, 0.6) is 0 Å². The number of likely N-dealkylation sites (N-methyl/N-ethyl adjacent to an activating group) is 2. The van der Waals surface area contributed by atoms with Gasteiger partial charge in [-0.3, -0.25) is 14.5 Å². The first-order valence-electron chi connectivity index (χ1n) is 7.01. The van der Waals surface area contributed by atoms with Crippen LogP contribution >= 0.6 is 0 Å². The summed E-state index contributed by atoms with van der Waals surface area (Å²) in [6.45, 7) is 3.04. The van der Waals surface area contributed by atoms with Gasteiger partial charge in [-0.05, 0) is 37.7 Å². The number of amides is 2. The van der Waals surface area contributed by atoms with Crippen molar-refractivity contribution in [1.82, 2.24) is 10.2 Å². The maximum absolute atomic E-state index is 12.2. The van der Waals surface area contributed by atoms with E-state index in [4.69, 9.17) is 5.73 Å². The zero-order valence-corrected chi connectivity index (χ0v) is 12.9. The molecule has 3 N–H and O–H groups in total. The normalized spacial score (nSPS) is 10.5. The Kier molecular flexibility index (Phi) is 6.68. The number of nitrogens with one attached hydrogen (secondary N) is 1. The molecule has 0 aliphatic heterocycles. The van der Waals surface area contributed by atoms with Gasteiger partial charge in [0.2, 0.25) is 11.8 Å². The fraction of sp³-hybridized carbons (Fsp3) is 0.467. The van der Waals surface area contributed by atoms with E-state index in [1.54, 1.807) is 48.2 Å². The molecular weight excluding hydrogens is 268 g/mol. The van der Waals surface area contributed by atoms with Crippen LogP contribution in [0.3, 0.4) is 0 Å². The molecule has 0 aliphatic rings. The first kappa shape index (κ1) is 17.0. The van der Waals surface area contributed by atoms with E-state index in [1.807, 2.05) is 6.92 Å². The van der Waals surface area contributed by atoms with Crippen LogP contribution in [0.4, 0.5) is 11.4 Å². The number of nitrogen functional groups attached to an aromatic ring is 1. The molecule has 116 valence electrons. The standard InChI is InChI=1S/C15H24N4O2/c1-4-9-17-14(20)10-18(2)11-15(21)19(3)13-7-5-12(16)6-8-13/h5-8H,4,9-11,16H2,1-3H3,(H,17,20). The fourth-order valence-electron chi connectivity index (χ4n) is 1.80. The lowest BCUT2D eigenvalue weighted by atomic mass is 10.2. The van der Waals surface area contributed by atoms with E-state index in [0.717, 1.165) is 12.1 Å². The average Bonchev–Trinajstić information content (AvgIpc) is 2.44. The smallest absolute Gasteiger partial charge is 0.240 e. The largest absolute Gasteiger partial charge is 0.399 e. The van der Waals surface area contributed by atoms with Gasteiger partial charge in [0.1, 0.15) is 0 Å². The Morgan fingerprint density at radius 2 is 1.76 bits per heavy atom. The second-order valence-corrected chi connectivity index (χ2v) is 5.07. The molecule has 1 aromatic carbocycles. The highest BCUT2D eigenvalue weighted by Gasteiger charge is 2.15. The minimum Gasteiger partial charge on any atom is -0.399 e. The highest BCUT2D eigenvalue weighted by atomic mass is 16.2. The molecule has 0 spiro atoms. The number of nitrogens with two attached hydrogens (primary N) is 1. The Morgan fingerprint density at radius 3 is 2.33 bits per heavy atom. The Labute approximate surface area is 125 Å². The van der Waals surface area contributed by atoms with Gasteiger partial charge in [0, 0.05) is 25.0 Å². The van der Waals surface area contributed by atoms with E-state index >= 15 is 0 Å². The van der Waals surface area contributed by atoms with Crippen molar-refractivity contribution in [3.63, 3.8) is 0 Å². The zero-order valence-electron chi connectivity index (χ0n) is 12.9. The van der Waals surface area contributed by atoms with Crippen molar-refractivity contribution >= 4 is 23.2 Å². The van der Waals surface area contributed by atoms with E-state index in [1.165, 1.54) is 0 Å². The summed E-state index contributed by atoms with van der Waals surface area (Å²) in [5, 5.41) is 2.78. The SMILES string of the molecule is CCCNC(=O)CN(C)CC(=O)N(C)c1ccc(N)cc1. The molecule has 1 rings (SSSR count). The van der Waals surface area contributed by atoms with Crippen LogP contribution in [-0.4, -0.2) is 50.4 Å². The molecule has 0 aliphatic carbocycles. The summed E-state index contributed by atoms with van der Waals surface area (Å²) in [4.78, 5) is 27.0. The molecule has 0 saturated carbocycles. The first-order valence-corrected chi connectivity index (χ1v) is 7.01. The monoisotopic (exact) mass is 292 g/mol. The van der Waals surface area contributed by atoms with Gasteiger partial charge in [0.05, 0.1) is 13.1 Å². The topological polar surface area (TPSA) is 78.7 Å². The van der Waals surface area contributed by atoms with E-state index in [0.29, 0.717) is 12.2 Å². The fourth-order valence-corrected chi connectivity index (χ4v) is 1.80. The lowest BCUT2D eigenvalue weighted by Crippen LogP contribution is -2.41. The molecule has 0 aromatic heterocycles. The Balaban J connectivity index is 2.48. The van der Waals surface area contributed by atoms with Gasteiger partial charge in [-0.25, -0.2) is 0 Å². The lowest BCUT2D eigenvalue weighted by molar-refractivity contribution is -0.123. The van der Waals surface area contributed by atoms with Gasteiger partial charge in [-0.1, -0.05) is 6.92 Å². The summed E-state index contributed by atoms with van der Waals surface area (Å²) < 4.78 is 0. The predicted octanol–water partition coefficient (Wildman–Crippen LogP) is 0.690. The molecule has 0 bridgehead atoms. The Bertz CT molecular complexity index is 473. The number of nitrogens with zero attached hydrogens (tertiary/aromatic N) is 2. The number of rotatable bonds is 7.